The van der Waals surface area contributed by atoms with Crippen molar-refractivity contribution in [1.82, 2.24) is 10.2 Å². The van der Waals surface area contributed by atoms with Gasteiger partial charge in [-0.2, -0.15) is 11.8 Å². The molecule has 0 spiro atoms. The van der Waals surface area contributed by atoms with E-state index in [1.165, 1.54) is 17.7 Å². The molecule has 1 heterocycles. The van der Waals surface area contributed by atoms with E-state index < -0.39 is 0 Å². The fraction of sp³-hybridized carbons (Fsp3) is 0.647. The summed E-state index contributed by atoms with van der Waals surface area (Å²) in [4.78, 5) is 2.71. The first kappa shape index (κ1) is 15.9. The van der Waals surface area contributed by atoms with Crippen LogP contribution in [-0.4, -0.2) is 42.1 Å². The molecule has 1 aromatic rings. The molecule has 0 aromatic heterocycles. The van der Waals surface area contributed by atoms with E-state index in [4.69, 9.17) is 0 Å². The fourth-order valence-electron chi connectivity index (χ4n) is 3.20. The molecule has 2 rings (SSSR count). The monoisotopic (exact) mass is 292 g/mol. The molecule has 0 saturated carbocycles. The van der Waals surface area contributed by atoms with Crippen molar-refractivity contribution in [2.24, 2.45) is 0 Å². The lowest BCUT2D eigenvalue weighted by Crippen LogP contribution is -2.63. The Morgan fingerprint density at radius 1 is 1.40 bits per heavy atom. The highest BCUT2D eigenvalue weighted by Crippen LogP contribution is 2.28. The van der Waals surface area contributed by atoms with Crippen molar-refractivity contribution in [3.63, 3.8) is 0 Å². The second kappa shape index (κ2) is 6.97. The number of rotatable bonds is 5. The summed E-state index contributed by atoms with van der Waals surface area (Å²) in [6, 6.07) is 12.2. The van der Waals surface area contributed by atoms with Gasteiger partial charge in [-0.1, -0.05) is 37.3 Å². The smallest absolute Gasteiger partial charge is 0.0535 e. The summed E-state index contributed by atoms with van der Waals surface area (Å²) in [5, 5.41) is 3.76. The summed E-state index contributed by atoms with van der Waals surface area (Å²) in [5.41, 5.74) is 1.47. The second-order valence-electron chi connectivity index (χ2n) is 6.12. The molecule has 0 aliphatic carbocycles. The molecule has 1 saturated heterocycles. The van der Waals surface area contributed by atoms with E-state index in [1.807, 2.05) is 11.8 Å². The number of piperazine rings is 1. The molecule has 1 aromatic carbocycles. The van der Waals surface area contributed by atoms with Gasteiger partial charge in [0, 0.05) is 30.9 Å². The molecule has 112 valence electrons. The van der Waals surface area contributed by atoms with E-state index in [2.05, 4.69) is 67.6 Å². The van der Waals surface area contributed by atoms with Crippen molar-refractivity contribution in [3.05, 3.63) is 35.9 Å². The molecule has 0 bridgehead atoms. The Hall–Kier alpha value is -0.510. The van der Waals surface area contributed by atoms with Crippen LogP contribution in [0, 0.1) is 0 Å². The van der Waals surface area contributed by atoms with Crippen LogP contribution in [0.25, 0.3) is 0 Å². The number of hydrogen-bond acceptors (Lipinski definition) is 3. The highest BCUT2D eigenvalue weighted by molar-refractivity contribution is 7.98. The molecule has 1 fully saturated rings. The van der Waals surface area contributed by atoms with Crippen molar-refractivity contribution in [2.45, 2.75) is 44.8 Å². The molecule has 3 heteroatoms. The molecule has 20 heavy (non-hydrogen) atoms. The molecular weight excluding hydrogens is 264 g/mol. The first-order chi connectivity index (χ1) is 9.60. The predicted octanol–water partition coefficient (Wildman–Crippen LogP) is 3.34. The second-order valence-corrected chi connectivity index (χ2v) is 7.03. The van der Waals surface area contributed by atoms with Crippen molar-refractivity contribution in [2.75, 3.05) is 25.1 Å². The van der Waals surface area contributed by atoms with Gasteiger partial charge in [0.25, 0.3) is 0 Å². The summed E-state index contributed by atoms with van der Waals surface area (Å²) in [6.45, 7) is 9.16. The van der Waals surface area contributed by atoms with Crippen LogP contribution < -0.4 is 5.32 Å². The van der Waals surface area contributed by atoms with E-state index in [-0.39, 0.29) is 5.54 Å². The van der Waals surface area contributed by atoms with E-state index in [9.17, 15) is 0 Å². The first-order valence-electron chi connectivity index (χ1n) is 7.66. The Bertz CT molecular complexity index is 409. The molecular formula is C17H28N2S. The van der Waals surface area contributed by atoms with Crippen molar-refractivity contribution in [1.29, 1.82) is 0 Å². The standard InChI is InChI=1S/C17H28N2S/c1-5-16(12-20-4)19-13-17(3,18-11-14(19)2)15-9-7-6-8-10-15/h6-10,14,16,18H,5,11-13H2,1-4H3. The van der Waals surface area contributed by atoms with Gasteiger partial charge < -0.3 is 5.32 Å². The van der Waals surface area contributed by atoms with E-state index in [0.717, 1.165) is 13.1 Å². The quantitative estimate of drug-likeness (QED) is 0.896. The maximum atomic E-state index is 3.76. The molecule has 0 radical (unpaired) electrons. The Labute approximate surface area is 128 Å². The highest BCUT2D eigenvalue weighted by Gasteiger charge is 2.37. The zero-order valence-electron chi connectivity index (χ0n) is 13.2. The minimum Gasteiger partial charge on any atom is -0.305 e. The SMILES string of the molecule is CCC(CSC)N1CC(C)(c2ccccc2)NCC1C. The summed E-state index contributed by atoms with van der Waals surface area (Å²) < 4.78 is 0. The number of benzene rings is 1. The molecule has 1 N–H and O–H groups in total. The van der Waals surface area contributed by atoms with Crippen LogP contribution in [0.2, 0.25) is 0 Å². The lowest BCUT2D eigenvalue weighted by atomic mass is 9.87. The zero-order chi connectivity index (χ0) is 14.6. The van der Waals surface area contributed by atoms with E-state index in [0.29, 0.717) is 12.1 Å². The summed E-state index contributed by atoms with van der Waals surface area (Å²) >= 11 is 1.96. The van der Waals surface area contributed by atoms with Gasteiger partial charge in [-0.3, -0.25) is 4.90 Å². The molecule has 3 atom stereocenters. The normalized spacial score (nSPS) is 29.3. The third-order valence-corrected chi connectivity index (χ3v) is 5.28. The number of thioether (sulfide) groups is 1. The van der Waals surface area contributed by atoms with Crippen LogP contribution in [0.15, 0.2) is 30.3 Å². The lowest BCUT2D eigenvalue weighted by Gasteiger charge is -2.48. The minimum atomic E-state index is 0.0690. The van der Waals surface area contributed by atoms with E-state index in [1.54, 1.807) is 0 Å². The Morgan fingerprint density at radius 2 is 2.10 bits per heavy atom. The van der Waals surface area contributed by atoms with Crippen LogP contribution >= 0.6 is 11.8 Å². The van der Waals surface area contributed by atoms with Gasteiger partial charge in [-0.15, -0.1) is 0 Å². The maximum Gasteiger partial charge on any atom is 0.0535 e. The van der Waals surface area contributed by atoms with Crippen LogP contribution in [0.4, 0.5) is 0 Å². The first-order valence-corrected chi connectivity index (χ1v) is 9.05. The number of nitrogens with one attached hydrogen (secondary N) is 1. The topological polar surface area (TPSA) is 15.3 Å². The van der Waals surface area contributed by atoms with Gasteiger partial charge in [-0.05, 0) is 32.1 Å². The van der Waals surface area contributed by atoms with Gasteiger partial charge in [-0.25, -0.2) is 0 Å². The van der Waals surface area contributed by atoms with Crippen molar-refractivity contribution >= 4 is 11.8 Å². The third-order valence-electron chi connectivity index (χ3n) is 4.56. The molecule has 0 amide bonds. The van der Waals surface area contributed by atoms with Gasteiger partial charge in [0.15, 0.2) is 0 Å². The lowest BCUT2D eigenvalue weighted by molar-refractivity contribution is 0.0609. The van der Waals surface area contributed by atoms with Crippen LogP contribution in [-0.2, 0) is 5.54 Å². The van der Waals surface area contributed by atoms with Crippen molar-refractivity contribution in [3.8, 4) is 0 Å². The Balaban J connectivity index is 2.18. The molecule has 3 unspecified atom stereocenters. The van der Waals surface area contributed by atoms with Gasteiger partial charge >= 0.3 is 0 Å². The van der Waals surface area contributed by atoms with Crippen LogP contribution in [0.1, 0.15) is 32.8 Å². The minimum absolute atomic E-state index is 0.0690. The fourth-order valence-corrected chi connectivity index (χ4v) is 4.01. The molecule has 2 nitrogen and oxygen atoms in total. The van der Waals surface area contributed by atoms with Crippen LogP contribution in [0.5, 0.6) is 0 Å². The zero-order valence-corrected chi connectivity index (χ0v) is 14.0. The summed E-state index contributed by atoms with van der Waals surface area (Å²) in [6.07, 6.45) is 3.45. The summed E-state index contributed by atoms with van der Waals surface area (Å²) in [7, 11) is 0. The number of hydrogen-bond donors (Lipinski definition) is 1. The molecule has 1 aliphatic heterocycles. The average Bonchev–Trinajstić information content (AvgIpc) is 2.49. The largest absolute Gasteiger partial charge is 0.305 e. The maximum absolute atomic E-state index is 3.76. The Kier molecular flexibility index (Phi) is 5.53. The number of nitrogens with zero attached hydrogens (tertiary/aromatic N) is 1. The summed E-state index contributed by atoms with van der Waals surface area (Å²) in [5.74, 6) is 1.23. The van der Waals surface area contributed by atoms with E-state index >= 15 is 0 Å². The average molecular weight is 292 g/mol. The van der Waals surface area contributed by atoms with Gasteiger partial charge in [0.1, 0.15) is 0 Å². The van der Waals surface area contributed by atoms with Gasteiger partial charge in [0.05, 0.1) is 5.54 Å². The molecule has 1 aliphatic rings. The van der Waals surface area contributed by atoms with Crippen LogP contribution in [0.3, 0.4) is 0 Å². The Morgan fingerprint density at radius 3 is 2.70 bits per heavy atom. The highest BCUT2D eigenvalue weighted by atomic mass is 32.2. The van der Waals surface area contributed by atoms with Gasteiger partial charge in [0.2, 0.25) is 0 Å². The predicted molar refractivity (Wildman–Crippen MR) is 90.4 cm³/mol. The third kappa shape index (κ3) is 3.38. The van der Waals surface area contributed by atoms with Crippen molar-refractivity contribution < 1.29 is 0 Å².